The number of carbonyl (C=O) groups is 1. The second-order valence-electron chi connectivity index (χ2n) is 4.56. The van der Waals surface area contributed by atoms with Gasteiger partial charge < -0.3 is 5.11 Å². The Labute approximate surface area is 113 Å². The van der Waals surface area contributed by atoms with Crippen LogP contribution in [0.25, 0.3) is 10.8 Å². The van der Waals surface area contributed by atoms with Gasteiger partial charge in [0.15, 0.2) is 5.78 Å². The van der Waals surface area contributed by atoms with E-state index < -0.39 is 6.10 Å². The number of carbonyl (C=O) groups excluding carboxylic acids is 1. The van der Waals surface area contributed by atoms with Crippen molar-refractivity contribution in [1.82, 2.24) is 0 Å². The van der Waals surface area contributed by atoms with Crippen molar-refractivity contribution in [2.24, 2.45) is 0 Å². The smallest absolute Gasteiger partial charge is 0.191 e. The van der Waals surface area contributed by atoms with Crippen LogP contribution in [-0.4, -0.2) is 17.0 Å². The summed E-state index contributed by atoms with van der Waals surface area (Å²) < 4.78 is 0. The number of fused-ring (bicyclic) bond motifs is 1. The maximum Gasteiger partial charge on any atom is 0.191 e. The average Bonchev–Trinajstić information content (AvgIpc) is 2.46. The Hall–Kier alpha value is -1.93. The van der Waals surface area contributed by atoms with Crippen LogP contribution in [0.4, 0.5) is 0 Å². The summed E-state index contributed by atoms with van der Waals surface area (Å²) in [4.78, 5) is 12.1. The number of rotatable bonds is 5. The summed E-state index contributed by atoms with van der Waals surface area (Å²) in [6, 6.07) is 13.4. The molecule has 19 heavy (non-hydrogen) atoms. The number of hydrogen-bond acceptors (Lipinski definition) is 2. The SMILES string of the molecule is CCC=CCC(O)C(=O)c1ccc2ccccc2c1. The van der Waals surface area contributed by atoms with E-state index >= 15 is 0 Å². The molecule has 1 unspecified atom stereocenters. The molecule has 0 aromatic heterocycles. The predicted octanol–water partition coefficient (Wildman–Crippen LogP) is 3.74. The summed E-state index contributed by atoms with van der Waals surface area (Å²) in [5, 5.41) is 12.0. The molecule has 2 aromatic carbocycles. The maximum atomic E-state index is 12.1. The van der Waals surface area contributed by atoms with E-state index in [2.05, 4.69) is 0 Å². The lowest BCUT2D eigenvalue weighted by Gasteiger charge is -2.08. The lowest BCUT2D eigenvalue weighted by molar-refractivity contribution is 0.0753. The van der Waals surface area contributed by atoms with Crippen LogP contribution in [0.1, 0.15) is 30.1 Å². The largest absolute Gasteiger partial charge is 0.385 e. The molecule has 0 heterocycles. The summed E-state index contributed by atoms with van der Waals surface area (Å²) >= 11 is 0. The van der Waals surface area contributed by atoms with Crippen molar-refractivity contribution in [2.75, 3.05) is 0 Å². The van der Waals surface area contributed by atoms with Crippen LogP contribution in [-0.2, 0) is 0 Å². The quantitative estimate of drug-likeness (QED) is 0.652. The minimum absolute atomic E-state index is 0.216. The zero-order valence-corrected chi connectivity index (χ0v) is 11.0. The summed E-state index contributed by atoms with van der Waals surface area (Å²) in [5.74, 6) is -0.216. The monoisotopic (exact) mass is 254 g/mol. The van der Waals surface area contributed by atoms with Crippen LogP contribution in [0.5, 0.6) is 0 Å². The first-order valence-corrected chi connectivity index (χ1v) is 6.58. The molecule has 0 saturated carbocycles. The summed E-state index contributed by atoms with van der Waals surface area (Å²) in [7, 11) is 0. The van der Waals surface area contributed by atoms with Crippen LogP contribution in [0.2, 0.25) is 0 Å². The number of aliphatic hydroxyl groups is 1. The number of allylic oxidation sites excluding steroid dienone is 1. The number of ketones is 1. The highest BCUT2D eigenvalue weighted by molar-refractivity contribution is 6.02. The molecule has 0 aliphatic heterocycles. The molecule has 2 aromatic rings. The van der Waals surface area contributed by atoms with Gasteiger partial charge >= 0.3 is 0 Å². The lowest BCUT2D eigenvalue weighted by Crippen LogP contribution is -2.19. The van der Waals surface area contributed by atoms with Crippen LogP contribution < -0.4 is 0 Å². The first-order valence-electron chi connectivity index (χ1n) is 6.58. The van der Waals surface area contributed by atoms with Gasteiger partial charge in [-0.3, -0.25) is 4.79 Å². The minimum atomic E-state index is -0.955. The second-order valence-corrected chi connectivity index (χ2v) is 4.56. The van der Waals surface area contributed by atoms with Crippen molar-refractivity contribution in [3.63, 3.8) is 0 Å². The van der Waals surface area contributed by atoms with E-state index in [0.29, 0.717) is 12.0 Å². The number of aliphatic hydroxyl groups excluding tert-OH is 1. The molecule has 0 amide bonds. The highest BCUT2D eigenvalue weighted by atomic mass is 16.3. The molecule has 0 saturated heterocycles. The standard InChI is InChI=1S/C17H18O2/c1-2-3-4-9-16(18)17(19)15-11-10-13-7-5-6-8-14(13)12-15/h3-8,10-12,16,18H,2,9H2,1H3. The molecule has 98 valence electrons. The minimum Gasteiger partial charge on any atom is -0.385 e. The molecule has 0 aliphatic rings. The molecule has 1 atom stereocenters. The van der Waals surface area contributed by atoms with Crippen LogP contribution in [0, 0.1) is 0 Å². The van der Waals surface area contributed by atoms with Gasteiger partial charge in [0.2, 0.25) is 0 Å². The molecule has 2 heteroatoms. The van der Waals surface area contributed by atoms with E-state index in [1.165, 1.54) is 0 Å². The highest BCUT2D eigenvalue weighted by Gasteiger charge is 2.15. The predicted molar refractivity (Wildman–Crippen MR) is 78.3 cm³/mol. The Balaban J connectivity index is 2.19. The molecule has 2 nitrogen and oxygen atoms in total. The Morgan fingerprint density at radius 3 is 2.63 bits per heavy atom. The molecule has 0 fully saturated rings. The third-order valence-electron chi connectivity index (χ3n) is 3.10. The van der Waals surface area contributed by atoms with Crippen molar-refractivity contribution >= 4 is 16.6 Å². The fourth-order valence-electron chi connectivity index (χ4n) is 2.03. The van der Waals surface area contributed by atoms with Gasteiger partial charge in [-0.25, -0.2) is 0 Å². The van der Waals surface area contributed by atoms with Gasteiger partial charge in [-0.2, -0.15) is 0 Å². The number of Topliss-reactive ketones (excluding diaryl/α,β-unsaturated/α-hetero) is 1. The van der Waals surface area contributed by atoms with Gasteiger partial charge in [-0.1, -0.05) is 55.5 Å². The van der Waals surface area contributed by atoms with Crippen molar-refractivity contribution in [3.05, 3.63) is 60.2 Å². The number of hydrogen-bond donors (Lipinski definition) is 1. The summed E-state index contributed by atoms with van der Waals surface area (Å²) in [5.41, 5.74) is 0.566. The molecule has 0 aliphatic carbocycles. The van der Waals surface area contributed by atoms with E-state index in [9.17, 15) is 9.90 Å². The molecule has 0 spiro atoms. The third-order valence-corrected chi connectivity index (χ3v) is 3.10. The first-order chi connectivity index (χ1) is 9.22. The molecule has 2 rings (SSSR count). The van der Waals surface area contributed by atoms with Gasteiger partial charge in [0.05, 0.1) is 0 Å². The van der Waals surface area contributed by atoms with Crippen molar-refractivity contribution in [3.8, 4) is 0 Å². The highest BCUT2D eigenvalue weighted by Crippen LogP contribution is 2.17. The molecular formula is C17H18O2. The van der Waals surface area contributed by atoms with Crippen molar-refractivity contribution < 1.29 is 9.90 Å². The lowest BCUT2D eigenvalue weighted by atomic mass is 10.0. The fraction of sp³-hybridized carbons (Fsp3) is 0.235. The number of benzene rings is 2. The third kappa shape index (κ3) is 3.30. The summed E-state index contributed by atoms with van der Waals surface area (Å²) in [6.07, 6.45) is 4.14. The zero-order chi connectivity index (χ0) is 13.7. The van der Waals surface area contributed by atoms with E-state index in [4.69, 9.17) is 0 Å². The normalized spacial score (nSPS) is 12.9. The topological polar surface area (TPSA) is 37.3 Å². The van der Waals surface area contributed by atoms with E-state index in [1.807, 2.05) is 55.5 Å². The van der Waals surface area contributed by atoms with E-state index in [1.54, 1.807) is 6.07 Å². The van der Waals surface area contributed by atoms with Crippen molar-refractivity contribution in [2.45, 2.75) is 25.9 Å². The Morgan fingerprint density at radius 2 is 1.89 bits per heavy atom. The molecular weight excluding hydrogens is 236 g/mol. The fourth-order valence-corrected chi connectivity index (χ4v) is 2.03. The van der Waals surface area contributed by atoms with E-state index in [0.717, 1.165) is 17.2 Å². The first kappa shape index (κ1) is 13.5. The van der Waals surface area contributed by atoms with Gasteiger partial charge in [0.25, 0.3) is 0 Å². The molecule has 0 radical (unpaired) electrons. The van der Waals surface area contributed by atoms with Gasteiger partial charge in [-0.15, -0.1) is 0 Å². The van der Waals surface area contributed by atoms with Gasteiger partial charge in [-0.05, 0) is 29.7 Å². The average molecular weight is 254 g/mol. The Kier molecular flexibility index (Phi) is 4.48. The van der Waals surface area contributed by atoms with Gasteiger partial charge in [0.1, 0.15) is 6.10 Å². The maximum absolute atomic E-state index is 12.1. The summed E-state index contributed by atoms with van der Waals surface area (Å²) in [6.45, 7) is 2.02. The van der Waals surface area contributed by atoms with Crippen LogP contribution >= 0.6 is 0 Å². The van der Waals surface area contributed by atoms with Crippen molar-refractivity contribution in [1.29, 1.82) is 0 Å². The van der Waals surface area contributed by atoms with Crippen LogP contribution in [0.3, 0.4) is 0 Å². The Bertz CT molecular complexity index is 599. The Morgan fingerprint density at radius 1 is 1.16 bits per heavy atom. The molecule has 1 N–H and O–H groups in total. The zero-order valence-electron chi connectivity index (χ0n) is 11.0. The van der Waals surface area contributed by atoms with Crippen LogP contribution in [0.15, 0.2) is 54.6 Å². The molecule has 0 bridgehead atoms. The van der Waals surface area contributed by atoms with Gasteiger partial charge in [0, 0.05) is 5.56 Å². The van der Waals surface area contributed by atoms with E-state index in [-0.39, 0.29) is 5.78 Å². The second kappa shape index (κ2) is 6.30.